The van der Waals surface area contributed by atoms with Gasteiger partial charge in [-0.15, -0.1) is 0 Å². The molecule has 2 rings (SSSR count). The number of H-pyrrole nitrogens is 1. The minimum Gasteiger partial charge on any atom is -0.358 e. The van der Waals surface area contributed by atoms with Crippen molar-refractivity contribution < 1.29 is 4.79 Å². The van der Waals surface area contributed by atoms with Crippen LogP contribution in [0.25, 0.3) is 10.9 Å². The van der Waals surface area contributed by atoms with Crippen LogP contribution in [0.2, 0.25) is 0 Å². The summed E-state index contributed by atoms with van der Waals surface area (Å²) >= 11 is 0. The lowest BCUT2D eigenvalue weighted by Gasteiger charge is -2.26. The highest BCUT2D eigenvalue weighted by molar-refractivity contribution is 6.09. The van der Waals surface area contributed by atoms with E-state index >= 15 is 0 Å². The van der Waals surface area contributed by atoms with Gasteiger partial charge in [0.05, 0.1) is 0 Å². The maximum absolute atomic E-state index is 12.6. The summed E-state index contributed by atoms with van der Waals surface area (Å²) in [5, 5.41) is 1.05. The van der Waals surface area contributed by atoms with Gasteiger partial charge in [0.2, 0.25) is 0 Å². The maximum atomic E-state index is 12.6. The number of nitrogens with one attached hydrogen (secondary N) is 1. The van der Waals surface area contributed by atoms with Gasteiger partial charge in [-0.2, -0.15) is 0 Å². The summed E-state index contributed by atoms with van der Waals surface area (Å²) in [5.41, 5.74) is 3.06. The van der Waals surface area contributed by atoms with Crippen molar-refractivity contribution in [1.82, 2.24) is 4.98 Å². The van der Waals surface area contributed by atoms with E-state index in [1.54, 1.807) is 0 Å². The van der Waals surface area contributed by atoms with Crippen LogP contribution in [0.4, 0.5) is 0 Å². The molecule has 19 heavy (non-hydrogen) atoms. The molecule has 0 aliphatic heterocycles. The van der Waals surface area contributed by atoms with Crippen molar-refractivity contribution in [3.63, 3.8) is 0 Å². The van der Waals surface area contributed by atoms with Gasteiger partial charge >= 0.3 is 0 Å². The molecule has 1 unspecified atom stereocenters. The molecule has 2 aromatic rings. The fourth-order valence-corrected chi connectivity index (χ4v) is 2.32. The Morgan fingerprint density at radius 2 is 1.89 bits per heavy atom. The van der Waals surface area contributed by atoms with Gasteiger partial charge in [-0.3, -0.25) is 4.79 Å². The number of aromatic amines is 1. The summed E-state index contributed by atoms with van der Waals surface area (Å²) in [4.78, 5) is 15.9. The van der Waals surface area contributed by atoms with Crippen LogP contribution in [0.15, 0.2) is 24.3 Å². The van der Waals surface area contributed by atoms with E-state index in [2.05, 4.69) is 32.7 Å². The summed E-state index contributed by atoms with van der Waals surface area (Å²) in [6, 6.07) is 8.02. The van der Waals surface area contributed by atoms with E-state index in [9.17, 15) is 4.79 Å². The van der Waals surface area contributed by atoms with Crippen molar-refractivity contribution in [2.24, 2.45) is 11.3 Å². The summed E-state index contributed by atoms with van der Waals surface area (Å²) in [6.45, 7) is 10.7. The topological polar surface area (TPSA) is 32.9 Å². The number of Topliss-reactive ketones (excluding diaryl/α,β-unsaturated/α-hetero) is 1. The number of aryl methyl sites for hydroxylation is 1. The average Bonchev–Trinajstić information content (AvgIpc) is 2.63. The number of aromatic nitrogens is 1. The SMILES string of the molecule is Cc1[nH]c2ccccc2c1C(=O)CC(C)C(C)(C)C. The maximum Gasteiger partial charge on any atom is 0.165 e. The number of carbonyl (C=O) groups excluding carboxylic acids is 1. The van der Waals surface area contributed by atoms with E-state index < -0.39 is 0 Å². The normalized spacial score (nSPS) is 13.7. The van der Waals surface area contributed by atoms with E-state index in [0.29, 0.717) is 12.3 Å². The van der Waals surface area contributed by atoms with Crippen molar-refractivity contribution in [2.45, 2.75) is 41.0 Å². The molecule has 0 saturated heterocycles. The first kappa shape index (κ1) is 13.9. The van der Waals surface area contributed by atoms with Gasteiger partial charge in [-0.05, 0) is 24.3 Å². The zero-order chi connectivity index (χ0) is 14.2. The van der Waals surface area contributed by atoms with Crippen molar-refractivity contribution in [2.75, 3.05) is 0 Å². The van der Waals surface area contributed by atoms with Gasteiger partial charge in [0.25, 0.3) is 0 Å². The Labute approximate surface area is 115 Å². The van der Waals surface area contributed by atoms with Gasteiger partial charge in [0.15, 0.2) is 5.78 Å². The summed E-state index contributed by atoms with van der Waals surface area (Å²) in [5.74, 6) is 0.616. The Morgan fingerprint density at radius 1 is 1.26 bits per heavy atom. The summed E-state index contributed by atoms with van der Waals surface area (Å²) in [6.07, 6.45) is 0.603. The second kappa shape index (κ2) is 4.84. The molecule has 1 aromatic carbocycles. The van der Waals surface area contributed by atoms with Crippen LogP contribution >= 0.6 is 0 Å². The fraction of sp³-hybridized carbons (Fsp3) is 0.471. The monoisotopic (exact) mass is 257 g/mol. The molecule has 0 amide bonds. The van der Waals surface area contributed by atoms with Crippen LogP contribution < -0.4 is 0 Å². The zero-order valence-electron chi connectivity index (χ0n) is 12.5. The molecule has 0 bridgehead atoms. The molecular weight excluding hydrogens is 234 g/mol. The lowest BCUT2D eigenvalue weighted by molar-refractivity contribution is 0.0928. The lowest BCUT2D eigenvalue weighted by Crippen LogP contribution is -2.20. The van der Waals surface area contributed by atoms with E-state index in [1.165, 1.54) is 0 Å². The Morgan fingerprint density at radius 3 is 2.53 bits per heavy atom. The number of para-hydroxylation sites is 1. The van der Waals surface area contributed by atoms with E-state index in [1.807, 2.05) is 31.2 Å². The molecule has 0 spiro atoms. The number of ketones is 1. The Kier molecular flexibility index (Phi) is 3.53. The van der Waals surface area contributed by atoms with Crippen LogP contribution in [-0.2, 0) is 0 Å². The third-order valence-electron chi connectivity index (χ3n) is 4.14. The molecule has 1 atom stereocenters. The third kappa shape index (κ3) is 2.73. The average molecular weight is 257 g/mol. The number of fused-ring (bicyclic) bond motifs is 1. The largest absolute Gasteiger partial charge is 0.358 e. The summed E-state index contributed by atoms with van der Waals surface area (Å²) < 4.78 is 0. The van der Waals surface area contributed by atoms with Gasteiger partial charge < -0.3 is 4.98 Å². The molecule has 1 aromatic heterocycles. The smallest absolute Gasteiger partial charge is 0.165 e. The molecule has 0 aliphatic rings. The van der Waals surface area contributed by atoms with E-state index in [4.69, 9.17) is 0 Å². The number of hydrogen-bond acceptors (Lipinski definition) is 1. The predicted molar refractivity (Wildman–Crippen MR) is 80.6 cm³/mol. The fourth-order valence-electron chi connectivity index (χ4n) is 2.32. The molecule has 1 heterocycles. The molecule has 0 fully saturated rings. The number of benzene rings is 1. The van der Waals surface area contributed by atoms with Crippen molar-refractivity contribution in [3.05, 3.63) is 35.5 Å². The van der Waals surface area contributed by atoms with Gasteiger partial charge in [0, 0.05) is 28.6 Å². The third-order valence-corrected chi connectivity index (χ3v) is 4.14. The standard InChI is InChI=1S/C17H23NO/c1-11(17(3,4)5)10-15(19)16-12(2)18-14-9-7-6-8-13(14)16/h6-9,11,18H,10H2,1-5H3. The second-order valence-corrected chi connectivity index (χ2v) is 6.56. The Hall–Kier alpha value is -1.57. The van der Waals surface area contributed by atoms with Gasteiger partial charge in [-0.1, -0.05) is 45.9 Å². The van der Waals surface area contributed by atoms with Gasteiger partial charge in [0.1, 0.15) is 0 Å². The number of rotatable bonds is 3. The molecule has 1 N–H and O–H groups in total. The van der Waals surface area contributed by atoms with Gasteiger partial charge in [-0.25, -0.2) is 0 Å². The first-order valence-corrected chi connectivity index (χ1v) is 6.91. The van der Waals surface area contributed by atoms with E-state index in [-0.39, 0.29) is 11.2 Å². The number of hydrogen-bond donors (Lipinski definition) is 1. The highest BCUT2D eigenvalue weighted by Gasteiger charge is 2.25. The molecule has 0 radical (unpaired) electrons. The molecule has 2 nitrogen and oxygen atoms in total. The Bertz CT molecular complexity index is 601. The van der Waals surface area contributed by atoms with Crippen molar-refractivity contribution in [3.8, 4) is 0 Å². The Balaban J connectivity index is 2.34. The minimum atomic E-state index is 0.162. The first-order chi connectivity index (χ1) is 8.80. The van der Waals surface area contributed by atoms with Crippen LogP contribution in [0.1, 0.15) is 50.2 Å². The summed E-state index contributed by atoms with van der Waals surface area (Å²) in [7, 11) is 0. The predicted octanol–water partition coefficient (Wildman–Crippen LogP) is 4.73. The van der Waals surface area contributed by atoms with Crippen LogP contribution in [0.5, 0.6) is 0 Å². The van der Waals surface area contributed by atoms with Crippen molar-refractivity contribution >= 4 is 16.7 Å². The number of carbonyl (C=O) groups is 1. The molecule has 0 aliphatic carbocycles. The molecule has 0 saturated carbocycles. The highest BCUT2D eigenvalue weighted by atomic mass is 16.1. The molecular formula is C17H23NO. The highest BCUT2D eigenvalue weighted by Crippen LogP contribution is 2.31. The van der Waals surface area contributed by atoms with Crippen LogP contribution in [-0.4, -0.2) is 10.8 Å². The van der Waals surface area contributed by atoms with E-state index in [0.717, 1.165) is 22.2 Å². The quantitative estimate of drug-likeness (QED) is 0.792. The van der Waals surface area contributed by atoms with Crippen LogP contribution in [0.3, 0.4) is 0 Å². The molecule has 2 heteroatoms. The first-order valence-electron chi connectivity index (χ1n) is 6.91. The van der Waals surface area contributed by atoms with Crippen molar-refractivity contribution in [1.29, 1.82) is 0 Å². The lowest BCUT2D eigenvalue weighted by atomic mass is 9.78. The second-order valence-electron chi connectivity index (χ2n) is 6.56. The minimum absolute atomic E-state index is 0.162. The zero-order valence-corrected chi connectivity index (χ0v) is 12.5. The molecule has 102 valence electrons. The van der Waals surface area contributed by atoms with Crippen LogP contribution in [0, 0.1) is 18.3 Å².